The predicted octanol–water partition coefficient (Wildman–Crippen LogP) is 2.52. The zero-order valence-corrected chi connectivity index (χ0v) is 18.9. The minimum Gasteiger partial charge on any atom is -0.340 e. The predicted molar refractivity (Wildman–Crippen MR) is 124 cm³/mol. The van der Waals surface area contributed by atoms with E-state index in [-0.39, 0.29) is 24.3 Å². The van der Waals surface area contributed by atoms with Crippen LogP contribution in [0, 0.1) is 6.92 Å². The van der Waals surface area contributed by atoms with E-state index in [9.17, 15) is 9.59 Å². The Hall–Kier alpha value is -3.55. The van der Waals surface area contributed by atoms with Crippen molar-refractivity contribution in [2.45, 2.75) is 45.1 Å². The summed E-state index contributed by atoms with van der Waals surface area (Å²) < 4.78 is 1.64. The first-order valence-corrected chi connectivity index (χ1v) is 11.6. The molecule has 1 fully saturated rings. The third kappa shape index (κ3) is 4.51. The van der Waals surface area contributed by atoms with Crippen LogP contribution < -0.4 is 4.90 Å². The van der Waals surface area contributed by atoms with Gasteiger partial charge in [0.25, 0.3) is 0 Å². The number of anilines is 1. The van der Waals surface area contributed by atoms with Gasteiger partial charge in [0, 0.05) is 55.6 Å². The highest BCUT2D eigenvalue weighted by molar-refractivity contribution is 5.95. The van der Waals surface area contributed by atoms with E-state index in [0.29, 0.717) is 32.5 Å². The van der Waals surface area contributed by atoms with Crippen molar-refractivity contribution < 1.29 is 9.59 Å². The molecule has 8 heteroatoms. The molecule has 0 saturated carbocycles. The first-order chi connectivity index (χ1) is 16.1. The number of aryl methyl sites for hydroxylation is 1. The van der Waals surface area contributed by atoms with Crippen molar-refractivity contribution in [3.05, 3.63) is 71.4 Å². The largest absolute Gasteiger partial charge is 0.340 e. The molecule has 0 bridgehead atoms. The normalized spacial score (nSPS) is 18.0. The average Bonchev–Trinajstić information content (AvgIpc) is 3.51. The Balaban J connectivity index is 1.33. The molecule has 0 radical (unpaired) electrons. The summed E-state index contributed by atoms with van der Waals surface area (Å²) in [6.45, 7) is 4.12. The fourth-order valence-electron chi connectivity index (χ4n) is 4.73. The van der Waals surface area contributed by atoms with E-state index >= 15 is 0 Å². The second kappa shape index (κ2) is 9.13. The lowest BCUT2D eigenvalue weighted by atomic mass is 10.0. The Labute approximate surface area is 193 Å². The standard InChI is InChI=1S/C25H28N6O2/c1-18-21-8-9-22(32)31(15-10-19-6-3-2-4-7-19)25(21)28-24(27-18)20-11-14-29(16-20)23(33)17-30-13-5-12-26-30/h2-7,12-13,20H,8-11,14-17H2,1H3. The fourth-order valence-corrected chi connectivity index (χ4v) is 4.73. The summed E-state index contributed by atoms with van der Waals surface area (Å²) in [5.41, 5.74) is 3.20. The van der Waals surface area contributed by atoms with E-state index in [1.807, 2.05) is 41.0 Å². The molecule has 2 aliphatic heterocycles. The van der Waals surface area contributed by atoms with Crippen LogP contribution in [0.15, 0.2) is 48.8 Å². The molecule has 33 heavy (non-hydrogen) atoms. The van der Waals surface area contributed by atoms with Crippen molar-refractivity contribution in [2.75, 3.05) is 24.5 Å². The first-order valence-electron chi connectivity index (χ1n) is 11.6. The van der Waals surface area contributed by atoms with E-state index in [1.165, 1.54) is 5.56 Å². The zero-order chi connectivity index (χ0) is 22.8. The van der Waals surface area contributed by atoms with E-state index in [4.69, 9.17) is 9.97 Å². The summed E-state index contributed by atoms with van der Waals surface area (Å²) in [4.78, 5) is 38.9. The third-order valence-corrected chi connectivity index (χ3v) is 6.58. The summed E-state index contributed by atoms with van der Waals surface area (Å²) in [6, 6.07) is 12.0. The van der Waals surface area contributed by atoms with Crippen molar-refractivity contribution in [1.82, 2.24) is 24.6 Å². The molecule has 2 aromatic heterocycles. The molecule has 5 rings (SSSR count). The quantitative estimate of drug-likeness (QED) is 0.583. The SMILES string of the molecule is Cc1nc(C2CCN(C(=O)Cn3cccn3)C2)nc2c1CCC(=O)N2CCc1ccccc1. The van der Waals surface area contributed by atoms with Crippen molar-refractivity contribution in [3.8, 4) is 0 Å². The topological polar surface area (TPSA) is 84.2 Å². The Morgan fingerprint density at radius 1 is 1.12 bits per heavy atom. The average molecular weight is 445 g/mol. The van der Waals surface area contributed by atoms with Gasteiger partial charge in [0.1, 0.15) is 18.2 Å². The van der Waals surface area contributed by atoms with Gasteiger partial charge in [0.05, 0.1) is 0 Å². The number of hydrogen-bond acceptors (Lipinski definition) is 5. The van der Waals surface area contributed by atoms with Gasteiger partial charge >= 0.3 is 0 Å². The number of benzene rings is 1. The summed E-state index contributed by atoms with van der Waals surface area (Å²) in [5.74, 6) is 1.73. The molecular formula is C25H28N6O2. The van der Waals surface area contributed by atoms with Crippen LogP contribution in [-0.2, 0) is 29.0 Å². The Kier molecular flexibility index (Phi) is 5.90. The number of likely N-dealkylation sites (tertiary alicyclic amines) is 1. The molecule has 1 saturated heterocycles. The third-order valence-electron chi connectivity index (χ3n) is 6.58. The number of rotatable bonds is 6. The van der Waals surface area contributed by atoms with Gasteiger partial charge in [-0.2, -0.15) is 5.10 Å². The molecule has 3 aromatic rings. The maximum Gasteiger partial charge on any atom is 0.244 e. The molecule has 8 nitrogen and oxygen atoms in total. The second-order valence-corrected chi connectivity index (χ2v) is 8.78. The summed E-state index contributed by atoms with van der Waals surface area (Å²) >= 11 is 0. The van der Waals surface area contributed by atoms with E-state index in [1.54, 1.807) is 17.1 Å². The second-order valence-electron chi connectivity index (χ2n) is 8.78. The number of carbonyl (C=O) groups is 2. The molecule has 2 aliphatic rings. The maximum absolute atomic E-state index is 12.8. The Morgan fingerprint density at radius 2 is 1.97 bits per heavy atom. The Bertz CT molecular complexity index is 1150. The van der Waals surface area contributed by atoms with Crippen LogP contribution in [0.4, 0.5) is 5.82 Å². The Morgan fingerprint density at radius 3 is 2.76 bits per heavy atom. The van der Waals surface area contributed by atoms with Gasteiger partial charge in [0.2, 0.25) is 11.8 Å². The van der Waals surface area contributed by atoms with Crippen LogP contribution in [0.1, 0.15) is 41.4 Å². The van der Waals surface area contributed by atoms with Crippen LogP contribution in [-0.4, -0.2) is 56.1 Å². The van der Waals surface area contributed by atoms with Crippen LogP contribution in [0.2, 0.25) is 0 Å². The zero-order valence-electron chi connectivity index (χ0n) is 18.9. The van der Waals surface area contributed by atoms with Gasteiger partial charge in [-0.15, -0.1) is 0 Å². The van der Waals surface area contributed by atoms with Crippen molar-refractivity contribution in [2.24, 2.45) is 0 Å². The molecule has 1 aromatic carbocycles. The van der Waals surface area contributed by atoms with Crippen molar-refractivity contribution in [3.63, 3.8) is 0 Å². The van der Waals surface area contributed by atoms with E-state index in [2.05, 4.69) is 17.2 Å². The minimum absolute atomic E-state index is 0.0514. The van der Waals surface area contributed by atoms with Crippen LogP contribution in [0.5, 0.6) is 0 Å². The fraction of sp³-hybridized carbons (Fsp3) is 0.400. The maximum atomic E-state index is 12.8. The molecule has 1 unspecified atom stereocenters. The number of carbonyl (C=O) groups excluding carboxylic acids is 2. The number of amides is 2. The van der Waals surface area contributed by atoms with Gasteiger partial charge < -0.3 is 4.90 Å². The highest BCUT2D eigenvalue weighted by atomic mass is 16.2. The number of nitrogens with zero attached hydrogens (tertiary/aromatic N) is 6. The molecule has 0 N–H and O–H groups in total. The van der Waals surface area contributed by atoms with Crippen LogP contribution >= 0.6 is 0 Å². The van der Waals surface area contributed by atoms with Gasteiger partial charge in [-0.1, -0.05) is 30.3 Å². The van der Waals surface area contributed by atoms with Crippen molar-refractivity contribution in [1.29, 1.82) is 0 Å². The lowest BCUT2D eigenvalue weighted by Gasteiger charge is -2.30. The molecule has 0 spiro atoms. The van der Waals surface area contributed by atoms with Gasteiger partial charge in [-0.05, 0) is 37.8 Å². The highest BCUT2D eigenvalue weighted by Crippen LogP contribution is 2.32. The monoisotopic (exact) mass is 444 g/mol. The van der Waals surface area contributed by atoms with Crippen molar-refractivity contribution >= 4 is 17.6 Å². The molecule has 1 atom stereocenters. The van der Waals surface area contributed by atoms with Crippen LogP contribution in [0.25, 0.3) is 0 Å². The van der Waals surface area contributed by atoms with Gasteiger partial charge in [-0.3, -0.25) is 19.2 Å². The molecule has 0 aliphatic carbocycles. The smallest absolute Gasteiger partial charge is 0.244 e. The molecular weight excluding hydrogens is 416 g/mol. The van der Waals surface area contributed by atoms with E-state index < -0.39 is 0 Å². The highest BCUT2D eigenvalue weighted by Gasteiger charge is 2.33. The number of aromatic nitrogens is 4. The summed E-state index contributed by atoms with van der Waals surface area (Å²) in [6.07, 6.45) is 6.24. The molecule has 2 amide bonds. The van der Waals surface area contributed by atoms with Gasteiger partial charge in [-0.25, -0.2) is 9.97 Å². The van der Waals surface area contributed by atoms with Crippen LogP contribution in [0.3, 0.4) is 0 Å². The first kappa shape index (κ1) is 21.3. The van der Waals surface area contributed by atoms with E-state index in [0.717, 1.165) is 35.7 Å². The lowest BCUT2D eigenvalue weighted by Crippen LogP contribution is -2.38. The minimum atomic E-state index is 0.0514. The summed E-state index contributed by atoms with van der Waals surface area (Å²) in [7, 11) is 0. The lowest BCUT2D eigenvalue weighted by molar-refractivity contribution is -0.131. The molecule has 170 valence electrons. The number of hydrogen-bond donors (Lipinski definition) is 0. The summed E-state index contributed by atoms with van der Waals surface area (Å²) in [5, 5.41) is 4.13. The van der Waals surface area contributed by atoms with Gasteiger partial charge in [0.15, 0.2) is 0 Å². The number of fused-ring (bicyclic) bond motifs is 1. The molecule has 4 heterocycles.